The van der Waals surface area contributed by atoms with Gasteiger partial charge in [-0.2, -0.15) is 5.26 Å². The number of nitrogens with one attached hydrogen (secondary N) is 1. The lowest BCUT2D eigenvalue weighted by Crippen LogP contribution is -2.30. The van der Waals surface area contributed by atoms with Crippen molar-refractivity contribution in [3.8, 4) is 6.07 Å². The smallest absolute Gasteiger partial charge is 0.262 e. The molecule has 0 radical (unpaired) electrons. The molecule has 0 bridgehead atoms. The molecule has 0 fully saturated rings. The fourth-order valence-corrected chi connectivity index (χ4v) is 2.64. The van der Waals surface area contributed by atoms with Gasteiger partial charge in [-0.15, -0.1) is 6.58 Å². The molecule has 0 aliphatic carbocycles. The fourth-order valence-electron chi connectivity index (χ4n) is 2.64. The van der Waals surface area contributed by atoms with Gasteiger partial charge >= 0.3 is 0 Å². The van der Waals surface area contributed by atoms with Crippen LogP contribution in [-0.2, 0) is 11.3 Å². The molecule has 23 heavy (non-hydrogen) atoms. The number of hydrogen-bond acceptors (Lipinski definition) is 2. The maximum absolute atomic E-state index is 12.1. The summed E-state index contributed by atoms with van der Waals surface area (Å²) in [7, 11) is 0. The Kier molecular flexibility index (Phi) is 5.02. The molecule has 1 N–H and O–H groups in total. The molecule has 4 heteroatoms. The summed E-state index contributed by atoms with van der Waals surface area (Å²) in [4.78, 5) is 12.1. The van der Waals surface area contributed by atoms with Gasteiger partial charge in [-0.05, 0) is 32.9 Å². The number of nitriles is 1. The topological polar surface area (TPSA) is 57.8 Å². The molecular formula is C19H21N3O. The minimum absolute atomic E-state index is 0.0116. The predicted molar refractivity (Wildman–Crippen MR) is 93.7 cm³/mol. The molecule has 1 aromatic carbocycles. The number of fused-ring (bicyclic) bond motifs is 1. The number of aromatic nitrogens is 1. The number of rotatable bonds is 5. The second-order valence-electron chi connectivity index (χ2n) is 5.71. The van der Waals surface area contributed by atoms with Crippen molar-refractivity contribution < 1.29 is 4.79 Å². The van der Waals surface area contributed by atoms with Crippen LogP contribution in [0, 0.1) is 18.3 Å². The quantitative estimate of drug-likeness (QED) is 0.521. The van der Waals surface area contributed by atoms with Gasteiger partial charge in [0, 0.05) is 34.7 Å². The molecule has 118 valence electrons. The maximum Gasteiger partial charge on any atom is 0.262 e. The van der Waals surface area contributed by atoms with E-state index in [0.717, 1.165) is 22.2 Å². The van der Waals surface area contributed by atoms with Crippen LogP contribution in [0.1, 0.15) is 25.1 Å². The van der Waals surface area contributed by atoms with Gasteiger partial charge < -0.3 is 9.88 Å². The van der Waals surface area contributed by atoms with Gasteiger partial charge in [-0.1, -0.05) is 24.3 Å². The molecule has 2 rings (SSSR count). The second-order valence-corrected chi connectivity index (χ2v) is 5.71. The summed E-state index contributed by atoms with van der Waals surface area (Å²) in [5, 5.41) is 13.1. The first-order valence-electron chi connectivity index (χ1n) is 7.61. The van der Waals surface area contributed by atoms with Crippen LogP contribution in [0.3, 0.4) is 0 Å². The van der Waals surface area contributed by atoms with Crippen LogP contribution in [0.2, 0.25) is 0 Å². The Hall–Kier alpha value is -2.80. The monoisotopic (exact) mass is 307 g/mol. The van der Waals surface area contributed by atoms with Crippen LogP contribution in [0.5, 0.6) is 0 Å². The highest BCUT2D eigenvalue weighted by Gasteiger charge is 2.15. The molecule has 1 amide bonds. The van der Waals surface area contributed by atoms with E-state index < -0.39 is 0 Å². The highest BCUT2D eigenvalue weighted by Crippen LogP contribution is 2.28. The third-order valence-corrected chi connectivity index (χ3v) is 3.66. The second kappa shape index (κ2) is 6.97. The number of nitrogens with zero attached hydrogens (tertiary/aromatic N) is 2. The van der Waals surface area contributed by atoms with E-state index in [2.05, 4.69) is 16.5 Å². The Bertz CT molecular complexity index is 819. The van der Waals surface area contributed by atoms with Gasteiger partial charge in [0.15, 0.2) is 0 Å². The van der Waals surface area contributed by atoms with Crippen molar-refractivity contribution in [1.29, 1.82) is 5.26 Å². The summed E-state index contributed by atoms with van der Waals surface area (Å²) >= 11 is 0. The molecule has 0 saturated carbocycles. The molecule has 0 unspecified atom stereocenters. The number of amides is 1. The first-order valence-corrected chi connectivity index (χ1v) is 7.61. The van der Waals surface area contributed by atoms with E-state index in [0.29, 0.717) is 6.54 Å². The minimum atomic E-state index is -0.345. The van der Waals surface area contributed by atoms with Gasteiger partial charge in [-0.3, -0.25) is 4.79 Å². The Morgan fingerprint density at radius 2 is 2.13 bits per heavy atom. The Morgan fingerprint density at radius 3 is 2.74 bits per heavy atom. The van der Waals surface area contributed by atoms with E-state index in [9.17, 15) is 10.1 Å². The Morgan fingerprint density at radius 1 is 1.43 bits per heavy atom. The summed E-state index contributed by atoms with van der Waals surface area (Å²) in [5.74, 6) is -0.345. The van der Waals surface area contributed by atoms with E-state index in [-0.39, 0.29) is 17.5 Å². The molecule has 0 aliphatic heterocycles. The number of carbonyl (C=O) groups excluding carboxylic acids is 1. The van der Waals surface area contributed by atoms with Gasteiger partial charge in [0.1, 0.15) is 11.6 Å². The number of carbonyl (C=O) groups is 1. The van der Waals surface area contributed by atoms with E-state index in [4.69, 9.17) is 0 Å². The van der Waals surface area contributed by atoms with Gasteiger partial charge in [0.2, 0.25) is 0 Å². The summed E-state index contributed by atoms with van der Waals surface area (Å²) in [6, 6.07) is 9.96. The Balaban J connectivity index is 2.61. The number of benzene rings is 1. The van der Waals surface area contributed by atoms with Crippen LogP contribution in [0.25, 0.3) is 17.0 Å². The largest absolute Gasteiger partial charge is 0.349 e. The molecule has 0 spiro atoms. The van der Waals surface area contributed by atoms with Crippen molar-refractivity contribution in [1.82, 2.24) is 9.88 Å². The molecule has 0 saturated heterocycles. The van der Waals surface area contributed by atoms with Crippen LogP contribution >= 0.6 is 0 Å². The lowest BCUT2D eigenvalue weighted by molar-refractivity contribution is -0.117. The van der Waals surface area contributed by atoms with E-state index in [1.54, 1.807) is 6.08 Å². The summed E-state index contributed by atoms with van der Waals surface area (Å²) in [5.41, 5.74) is 3.09. The van der Waals surface area contributed by atoms with Crippen LogP contribution in [0.4, 0.5) is 0 Å². The zero-order chi connectivity index (χ0) is 17.0. The lowest BCUT2D eigenvalue weighted by atomic mass is 10.1. The van der Waals surface area contributed by atoms with Crippen LogP contribution in [0.15, 0.2) is 42.5 Å². The number of para-hydroxylation sites is 1. The van der Waals surface area contributed by atoms with Crippen molar-refractivity contribution in [2.75, 3.05) is 0 Å². The third-order valence-electron chi connectivity index (χ3n) is 3.66. The van der Waals surface area contributed by atoms with Crippen molar-refractivity contribution in [3.05, 3.63) is 53.8 Å². The van der Waals surface area contributed by atoms with Crippen LogP contribution < -0.4 is 5.32 Å². The lowest BCUT2D eigenvalue weighted by Gasteiger charge is -2.07. The van der Waals surface area contributed by atoms with E-state index in [1.165, 1.54) is 0 Å². The zero-order valence-electron chi connectivity index (χ0n) is 13.8. The molecule has 4 nitrogen and oxygen atoms in total. The standard InChI is InChI=1S/C19H21N3O/c1-5-10-22-14(4)17(16-8-6-7-9-18(16)22)11-15(12-20)19(23)21-13(2)3/h5-9,11,13H,1,10H2,2-4H3,(H,21,23)/b15-11-. The molecule has 2 aromatic rings. The number of hydrogen-bond donors (Lipinski definition) is 1. The molecule has 0 aliphatic rings. The normalized spacial score (nSPS) is 11.5. The fraction of sp³-hybridized carbons (Fsp3) is 0.263. The van der Waals surface area contributed by atoms with E-state index >= 15 is 0 Å². The first-order chi connectivity index (χ1) is 11.0. The van der Waals surface area contributed by atoms with Gasteiger partial charge in [0.05, 0.1) is 0 Å². The molecule has 1 heterocycles. The Labute approximate surface area is 136 Å². The third kappa shape index (κ3) is 3.35. The van der Waals surface area contributed by atoms with Crippen LogP contribution in [-0.4, -0.2) is 16.5 Å². The van der Waals surface area contributed by atoms with Gasteiger partial charge in [0.25, 0.3) is 5.91 Å². The average molecular weight is 307 g/mol. The van der Waals surface area contributed by atoms with E-state index in [1.807, 2.05) is 57.2 Å². The highest BCUT2D eigenvalue weighted by atomic mass is 16.1. The minimum Gasteiger partial charge on any atom is -0.349 e. The summed E-state index contributed by atoms with van der Waals surface area (Å²) < 4.78 is 2.13. The predicted octanol–water partition coefficient (Wildman–Crippen LogP) is 3.57. The summed E-state index contributed by atoms with van der Waals surface area (Å²) in [6.07, 6.45) is 3.51. The maximum atomic E-state index is 12.1. The van der Waals surface area contributed by atoms with Crippen molar-refractivity contribution in [2.45, 2.75) is 33.4 Å². The number of allylic oxidation sites excluding steroid dienone is 1. The highest BCUT2D eigenvalue weighted by molar-refractivity contribution is 6.04. The van der Waals surface area contributed by atoms with Gasteiger partial charge in [-0.25, -0.2) is 0 Å². The zero-order valence-corrected chi connectivity index (χ0v) is 13.8. The first kappa shape index (κ1) is 16.6. The SMILES string of the molecule is C=CCn1c(C)c(/C=C(/C#N)C(=O)NC(C)C)c2ccccc21. The van der Waals surface area contributed by atoms with Crippen molar-refractivity contribution in [2.24, 2.45) is 0 Å². The average Bonchev–Trinajstić information content (AvgIpc) is 2.77. The van der Waals surface area contributed by atoms with Crippen molar-refractivity contribution in [3.63, 3.8) is 0 Å². The molecule has 1 aromatic heterocycles. The molecule has 0 atom stereocenters. The summed E-state index contributed by atoms with van der Waals surface area (Å²) in [6.45, 7) is 10.2. The van der Waals surface area contributed by atoms with Crippen molar-refractivity contribution >= 4 is 22.9 Å². The molecular weight excluding hydrogens is 286 g/mol.